The van der Waals surface area contributed by atoms with E-state index in [0.717, 1.165) is 42.7 Å². The average Bonchev–Trinajstić information content (AvgIpc) is 3.16. The minimum absolute atomic E-state index is 0. The van der Waals surface area contributed by atoms with Crippen molar-refractivity contribution in [2.45, 2.75) is 25.3 Å². The summed E-state index contributed by atoms with van der Waals surface area (Å²) < 4.78 is 0. The zero-order valence-electron chi connectivity index (χ0n) is 13.0. The lowest BCUT2D eigenvalue weighted by Crippen LogP contribution is -2.42. The number of hydrogen-bond acceptors (Lipinski definition) is 3. The number of nitrogens with zero attached hydrogens (tertiary/aromatic N) is 1. The number of halogens is 3. The lowest BCUT2D eigenvalue weighted by atomic mass is 10.2. The Bertz CT molecular complexity index is 511. The maximum absolute atomic E-state index is 11.9. The molecule has 1 aromatic carbocycles. The Balaban J connectivity index is 0.00000132. The number of benzene rings is 1. The van der Waals surface area contributed by atoms with Crippen molar-refractivity contribution in [3.05, 3.63) is 29.3 Å². The van der Waals surface area contributed by atoms with E-state index >= 15 is 0 Å². The third kappa shape index (κ3) is 6.38. The number of carbonyl (C=O) groups excluding carboxylic acids is 1. The van der Waals surface area contributed by atoms with Crippen LogP contribution in [0.15, 0.2) is 24.3 Å². The summed E-state index contributed by atoms with van der Waals surface area (Å²) in [5.41, 5.74) is 1.13. The molecule has 130 valence electrons. The third-order valence-corrected chi connectivity index (χ3v) is 4.38. The van der Waals surface area contributed by atoms with Gasteiger partial charge < -0.3 is 15.5 Å². The van der Waals surface area contributed by atoms with Crippen LogP contribution < -0.4 is 15.5 Å². The minimum atomic E-state index is 0. The number of rotatable bonds is 6. The van der Waals surface area contributed by atoms with Gasteiger partial charge in [0.05, 0.1) is 6.54 Å². The molecular weight excluding hydrogens is 357 g/mol. The molecule has 0 radical (unpaired) electrons. The Morgan fingerprint density at radius 3 is 2.74 bits per heavy atom. The van der Waals surface area contributed by atoms with Crippen molar-refractivity contribution in [1.29, 1.82) is 0 Å². The molecule has 2 fully saturated rings. The minimum Gasteiger partial charge on any atom is -0.369 e. The van der Waals surface area contributed by atoms with Gasteiger partial charge in [0.2, 0.25) is 5.91 Å². The van der Waals surface area contributed by atoms with Crippen LogP contribution in [0.2, 0.25) is 5.02 Å². The topological polar surface area (TPSA) is 44.4 Å². The van der Waals surface area contributed by atoms with Gasteiger partial charge in [-0.15, -0.1) is 24.8 Å². The Kier molecular flexibility index (Phi) is 8.48. The van der Waals surface area contributed by atoms with E-state index in [0.29, 0.717) is 6.54 Å². The standard InChI is InChI=1S/C16H22ClN3O.2ClH/c17-13-2-1-3-15(8-13)20-7-6-14(11-20)19-16(21)10-18-9-12-4-5-12;;/h1-3,8,12,14,18H,4-7,9-11H2,(H,19,21);2*1H. The van der Waals surface area contributed by atoms with Gasteiger partial charge in [0, 0.05) is 29.8 Å². The first-order valence-electron chi connectivity index (χ1n) is 7.71. The van der Waals surface area contributed by atoms with Crippen LogP contribution >= 0.6 is 36.4 Å². The second-order valence-electron chi connectivity index (χ2n) is 6.05. The van der Waals surface area contributed by atoms with Crippen LogP contribution in [0.25, 0.3) is 0 Å². The molecule has 1 heterocycles. The Labute approximate surface area is 155 Å². The van der Waals surface area contributed by atoms with Crippen LogP contribution in [-0.4, -0.2) is 38.1 Å². The van der Waals surface area contributed by atoms with Crippen LogP contribution in [0.1, 0.15) is 19.3 Å². The van der Waals surface area contributed by atoms with Gasteiger partial charge in [-0.2, -0.15) is 0 Å². The summed E-state index contributed by atoms with van der Waals surface area (Å²) in [5.74, 6) is 0.913. The lowest BCUT2D eigenvalue weighted by Gasteiger charge is -2.19. The summed E-state index contributed by atoms with van der Waals surface area (Å²) in [6.45, 7) is 3.23. The van der Waals surface area contributed by atoms with Crippen molar-refractivity contribution in [3.8, 4) is 0 Å². The van der Waals surface area contributed by atoms with Crippen molar-refractivity contribution in [1.82, 2.24) is 10.6 Å². The highest BCUT2D eigenvalue weighted by Crippen LogP contribution is 2.27. The molecule has 1 saturated heterocycles. The SMILES string of the molecule is Cl.Cl.O=C(CNCC1CC1)NC1CCN(c2cccc(Cl)c2)C1. The number of anilines is 1. The largest absolute Gasteiger partial charge is 0.369 e. The van der Waals surface area contributed by atoms with Crippen LogP contribution in [-0.2, 0) is 4.79 Å². The molecule has 2 aliphatic rings. The van der Waals surface area contributed by atoms with Gasteiger partial charge in [0.1, 0.15) is 0 Å². The van der Waals surface area contributed by atoms with Gasteiger partial charge in [-0.3, -0.25) is 4.79 Å². The van der Waals surface area contributed by atoms with Gasteiger partial charge >= 0.3 is 0 Å². The van der Waals surface area contributed by atoms with Gasteiger partial charge in [-0.25, -0.2) is 0 Å². The molecule has 1 saturated carbocycles. The molecule has 1 aliphatic heterocycles. The summed E-state index contributed by atoms with van der Waals surface area (Å²) in [7, 11) is 0. The molecule has 4 nitrogen and oxygen atoms in total. The summed E-state index contributed by atoms with van der Waals surface area (Å²) in [5, 5.41) is 7.09. The maximum atomic E-state index is 11.9. The van der Waals surface area contributed by atoms with Crippen molar-refractivity contribution in [2.24, 2.45) is 5.92 Å². The number of carbonyl (C=O) groups is 1. The molecule has 23 heavy (non-hydrogen) atoms. The number of amides is 1. The molecule has 0 aromatic heterocycles. The first kappa shape index (κ1) is 20.4. The molecule has 2 N–H and O–H groups in total. The van der Waals surface area contributed by atoms with Crippen molar-refractivity contribution < 1.29 is 4.79 Å². The van der Waals surface area contributed by atoms with E-state index in [4.69, 9.17) is 11.6 Å². The Morgan fingerprint density at radius 2 is 2.04 bits per heavy atom. The summed E-state index contributed by atoms with van der Waals surface area (Å²) in [6.07, 6.45) is 3.61. The van der Waals surface area contributed by atoms with Crippen molar-refractivity contribution in [3.63, 3.8) is 0 Å². The monoisotopic (exact) mass is 379 g/mol. The molecule has 0 bridgehead atoms. The fourth-order valence-corrected chi connectivity index (χ4v) is 2.96. The molecule has 1 atom stereocenters. The van der Waals surface area contributed by atoms with E-state index in [1.807, 2.05) is 18.2 Å². The smallest absolute Gasteiger partial charge is 0.234 e. The molecule has 1 amide bonds. The molecule has 1 aromatic rings. The quantitative estimate of drug-likeness (QED) is 0.797. The highest BCUT2D eigenvalue weighted by atomic mass is 35.5. The fourth-order valence-electron chi connectivity index (χ4n) is 2.78. The van der Waals surface area contributed by atoms with E-state index in [1.54, 1.807) is 0 Å². The Hall–Kier alpha value is -0.680. The lowest BCUT2D eigenvalue weighted by molar-refractivity contribution is -0.120. The van der Waals surface area contributed by atoms with Crippen LogP contribution in [0.3, 0.4) is 0 Å². The van der Waals surface area contributed by atoms with E-state index < -0.39 is 0 Å². The van der Waals surface area contributed by atoms with Crippen molar-refractivity contribution in [2.75, 3.05) is 31.1 Å². The molecular formula is C16H24Cl3N3O. The van der Waals surface area contributed by atoms with Gasteiger partial charge in [0.15, 0.2) is 0 Å². The van der Waals surface area contributed by atoms with E-state index in [1.165, 1.54) is 12.8 Å². The molecule has 7 heteroatoms. The second-order valence-corrected chi connectivity index (χ2v) is 6.49. The first-order chi connectivity index (χ1) is 10.2. The zero-order chi connectivity index (χ0) is 14.7. The van der Waals surface area contributed by atoms with Crippen LogP contribution in [0, 0.1) is 5.92 Å². The summed E-state index contributed by atoms with van der Waals surface area (Å²) in [4.78, 5) is 14.2. The number of nitrogens with one attached hydrogen (secondary N) is 2. The summed E-state index contributed by atoms with van der Waals surface area (Å²) in [6, 6.07) is 8.12. The highest BCUT2D eigenvalue weighted by Gasteiger charge is 2.24. The normalized spacial score (nSPS) is 19.7. The van der Waals surface area contributed by atoms with Gasteiger partial charge in [-0.1, -0.05) is 17.7 Å². The average molecular weight is 381 g/mol. The predicted molar refractivity (Wildman–Crippen MR) is 100 cm³/mol. The van der Waals surface area contributed by atoms with E-state index in [9.17, 15) is 4.79 Å². The second kappa shape index (κ2) is 9.58. The zero-order valence-corrected chi connectivity index (χ0v) is 15.4. The number of hydrogen-bond donors (Lipinski definition) is 2. The van der Waals surface area contributed by atoms with E-state index in [-0.39, 0.29) is 36.8 Å². The predicted octanol–water partition coefficient (Wildman–Crippen LogP) is 2.88. The molecule has 1 aliphatic carbocycles. The van der Waals surface area contributed by atoms with Crippen LogP contribution in [0.4, 0.5) is 5.69 Å². The van der Waals surface area contributed by atoms with Crippen molar-refractivity contribution >= 4 is 48.0 Å². The van der Waals surface area contributed by atoms with Gasteiger partial charge in [0.25, 0.3) is 0 Å². The van der Waals surface area contributed by atoms with Gasteiger partial charge in [-0.05, 0) is 49.9 Å². The first-order valence-corrected chi connectivity index (χ1v) is 8.09. The Morgan fingerprint density at radius 1 is 1.26 bits per heavy atom. The third-order valence-electron chi connectivity index (χ3n) is 4.14. The van der Waals surface area contributed by atoms with Crippen LogP contribution in [0.5, 0.6) is 0 Å². The molecule has 3 rings (SSSR count). The van der Waals surface area contributed by atoms with E-state index in [2.05, 4.69) is 21.6 Å². The molecule has 1 unspecified atom stereocenters. The molecule has 0 spiro atoms. The maximum Gasteiger partial charge on any atom is 0.234 e. The fraction of sp³-hybridized carbons (Fsp3) is 0.562. The highest BCUT2D eigenvalue weighted by molar-refractivity contribution is 6.30. The summed E-state index contributed by atoms with van der Waals surface area (Å²) >= 11 is 6.03.